The van der Waals surface area contributed by atoms with Gasteiger partial charge in [-0.1, -0.05) is 20.3 Å². The Morgan fingerprint density at radius 1 is 1.50 bits per heavy atom. The summed E-state index contributed by atoms with van der Waals surface area (Å²) < 4.78 is 0. The molecule has 0 aromatic heterocycles. The van der Waals surface area contributed by atoms with Crippen LogP contribution in [0.15, 0.2) is 0 Å². The minimum atomic E-state index is -0.241. The van der Waals surface area contributed by atoms with E-state index in [-0.39, 0.29) is 17.9 Å². The van der Waals surface area contributed by atoms with Crippen LogP contribution in [0.2, 0.25) is 0 Å². The van der Waals surface area contributed by atoms with Crippen molar-refractivity contribution in [2.75, 3.05) is 19.6 Å². The lowest BCUT2D eigenvalue weighted by atomic mass is 9.94. The summed E-state index contributed by atoms with van der Waals surface area (Å²) in [5.74, 6) is 1.02. The van der Waals surface area contributed by atoms with Crippen LogP contribution in [-0.4, -0.2) is 41.7 Å². The second kappa shape index (κ2) is 7.74. The third kappa shape index (κ3) is 4.58. The number of aliphatic hydroxyl groups is 1. The quantitative estimate of drug-likeness (QED) is 0.754. The van der Waals surface area contributed by atoms with Crippen molar-refractivity contribution in [3.8, 4) is 0 Å². The van der Waals surface area contributed by atoms with E-state index in [9.17, 15) is 9.90 Å². The molecule has 1 rings (SSSR count). The van der Waals surface area contributed by atoms with E-state index in [4.69, 9.17) is 5.73 Å². The number of hydrogen-bond acceptors (Lipinski definition) is 3. The molecular formula is C14H28N2O2. The maximum absolute atomic E-state index is 12.1. The molecule has 0 spiro atoms. The van der Waals surface area contributed by atoms with E-state index >= 15 is 0 Å². The minimum Gasteiger partial charge on any atom is -0.393 e. The van der Waals surface area contributed by atoms with Gasteiger partial charge < -0.3 is 15.7 Å². The third-order valence-electron chi connectivity index (χ3n) is 4.13. The lowest BCUT2D eigenvalue weighted by molar-refractivity contribution is -0.135. The first-order chi connectivity index (χ1) is 8.58. The van der Waals surface area contributed by atoms with E-state index in [1.807, 2.05) is 11.8 Å². The smallest absolute Gasteiger partial charge is 0.222 e. The highest BCUT2D eigenvalue weighted by atomic mass is 16.3. The first-order valence-corrected chi connectivity index (χ1v) is 7.24. The molecule has 1 amide bonds. The molecule has 0 aromatic rings. The highest BCUT2D eigenvalue weighted by molar-refractivity contribution is 5.76. The average Bonchev–Trinajstić information content (AvgIpc) is 2.37. The second-order valence-corrected chi connectivity index (χ2v) is 5.56. The molecule has 1 aliphatic rings. The molecule has 3 atom stereocenters. The number of amides is 1. The van der Waals surface area contributed by atoms with Crippen LogP contribution in [0.5, 0.6) is 0 Å². The van der Waals surface area contributed by atoms with Crippen LogP contribution in [0.4, 0.5) is 0 Å². The van der Waals surface area contributed by atoms with Crippen LogP contribution >= 0.6 is 0 Å². The Kier molecular flexibility index (Phi) is 6.65. The summed E-state index contributed by atoms with van der Waals surface area (Å²) in [6.07, 6.45) is 4.15. The van der Waals surface area contributed by atoms with Crippen LogP contribution < -0.4 is 5.73 Å². The molecule has 4 heteroatoms. The summed E-state index contributed by atoms with van der Waals surface area (Å²) in [6, 6.07) is 0. The fourth-order valence-corrected chi connectivity index (χ4v) is 2.63. The van der Waals surface area contributed by atoms with Crippen LogP contribution in [0.25, 0.3) is 0 Å². The van der Waals surface area contributed by atoms with E-state index in [1.54, 1.807) is 0 Å². The molecule has 1 heterocycles. The first-order valence-electron chi connectivity index (χ1n) is 7.24. The standard InChI is InChI=1S/C14H28N2O2/c1-3-12(6-8-15)4-5-14(18)16-9-7-13(17)11(2)10-16/h11-13,17H,3-10,15H2,1-2H3. The minimum absolute atomic E-state index is 0.203. The zero-order valence-electron chi connectivity index (χ0n) is 11.8. The van der Waals surface area contributed by atoms with Crippen molar-refractivity contribution in [2.45, 2.75) is 52.1 Å². The fraction of sp³-hybridized carbons (Fsp3) is 0.929. The largest absolute Gasteiger partial charge is 0.393 e. The summed E-state index contributed by atoms with van der Waals surface area (Å²) >= 11 is 0. The molecule has 106 valence electrons. The molecule has 0 saturated carbocycles. The van der Waals surface area contributed by atoms with E-state index in [0.717, 1.165) is 19.3 Å². The van der Waals surface area contributed by atoms with Gasteiger partial charge in [-0.2, -0.15) is 0 Å². The molecule has 1 saturated heterocycles. The van der Waals surface area contributed by atoms with E-state index in [2.05, 4.69) is 6.92 Å². The zero-order valence-corrected chi connectivity index (χ0v) is 11.8. The number of carbonyl (C=O) groups is 1. The number of hydrogen-bond donors (Lipinski definition) is 2. The van der Waals surface area contributed by atoms with Crippen molar-refractivity contribution in [3.63, 3.8) is 0 Å². The topological polar surface area (TPSA) is 66.6 Å². The molecule has 0 aliphatic carbocycles. The van der Waals surface area contributed by atoms with Crippen molar-refractivity contribution in [1.82, 2.24) is 4.90 Å². The van der Waals surface area contributed by atoms with Crippen LogP contribution in [-0.2, 0) is 4.79 Å². The Morgan fingerprint density at radius 2 is 2.22 bits per heavy atom. The van der Waals surface area contributed by atoms with Gasteiger partial charge in [0.25, 0.3) is 0 Å². The monoisotopic (exact) mass is 256 g/mol. The molecule has 18 heavy (non-hydrogen) atoms. The molecule has 0 aromatic carbocycles. The Bertz CT molecular complexity index is 258. The van der Waals surface area contributed by atoms with Crippen molar-refractivity contribution in [2.24, 2.45) is 17.6 Å². The first kappa shape index (κ1) is 15.4. The highest BCUT2D eigenvalue weighted by Gasteiger charge is 2.27. The molecule has 1 aliphatic heterocycles. The summed E-state index contributed by atoms with van der Waals surface area (Å²) in [5, 5.41) is 9.65. The van der Waals surface area contributed by atoms with Gasteiger partial charge in [-0.05, 0) is 37.6 Å². The lowest BCUT2D eigenvalue weighted by Crippen LogP contribution is -2.45. The number of nitrogens with two attached hydrogens (primary N) is 1. The number of aliphatic hydroxyl groups excluding tert-OH is 1. The predicted molar refractivity (Wildman–Crippen MR) is 73.1 cm³/mol. The summed E-state index contributed by atoms with van der Waals surface area (Å²) in [6.45, 7) is 6.28. The van der Waals surface area contributed by atoms with Crippen LogP contribution in [0.3, 0.4) is 0 Å². The Labute approximate surface area is 111 Å². The van der Waals surface area contributed by atoms with Crippen molar-refractivity contribution in [3.05, 3.63) is 0 Å². The third-order valence-corrected chi connectivity index (χ3v) is 4.13. The van der Waals surface area contributed by atoms with Gasteiger partial charge in [-0.25, -0.2) is 0 Å². The van der Waals surface area contributed by atoms with Crippen molar-refractivity contribution >= 4 is 5.91 Å². The molecule has 0 bridgehead atoms. The van der Waals surface area contributed by atoms with Crippen molar-refractivity contribution in [1.29, 1.82) is 0 Å². The fourth-order valence-electron chi connectivity index (χ4n) is 2.63. The molecule has 3 unspecified atom stereocenters. The summed E-state index contributed by atoms with van der Waals surface area (Å²) in [5.41, 5.74) is 5.56. The second-order valence-electron chi connectivity index (χ2n) is 5.56. The number of likely N-dealkylation sites (tertiary alicyclic amines) is 1. The Morgan fingerprint density at radius 3 is 2.78 bits per heavy atom. The van der Waals surface area contributed by atoms with E-state index < -0.39 is 0 Å². The molecule has 1 fully saturated rings. The normalized spacial score (nSPS) is 26.1. The van der Waals surface area contributed by atoms with Crippen LogP contribution in [0.1, 0.15) is 46.0 Å². The summed E-state index contributed by atoms with van der Waals surface area (Å²) in [7, 11) is 0. The number of rotatable bonds is 6. The number of carbonyl (C=O) groups excluding carboxylic acids is 1. The molecule has 3 N–H and O–H groups in total. The molecule has 4 nitrogen and oxygen atoms in total. The average molecular weight is 256 g/mol. The molecule has 0 radical (unpaired) electrons. The van der Waals surface area contributed by atoms with E-state index in [1.165, 1.54) is 0 Å². The van der Waals surface area contributed by atoms with Gasteiger partial charge in [0.2, 0.25) is 5.91 Å². The van der Waals surface area contributed by atoms with Crippen molar-refractivity contribution < 1.29 is 9.90 Å². The maximum atomic E-state index is 12.1. The van der Waals surface area contributed by atoms with Crippen LogP contribution in [0, 0.1) is 11.8 Å². The lowest BCUT2D eigenvalue weighted by Gasteiger charge is -2.34. The Hall–Kier alpha value is -0.610. The summed E-state index contributed by atoms with van der Waals surface area (Å²) in [4.78, 5) is 14.0. The molecular weight excluding hydrogens is 228 g/mol. The predicted octanol–water partition coefficient (Wildman–Crippen LogP) is 1.37. The van der Waals surface area contributed by atoms with Gasteiger partial charge in [0, 0.05) is 19.5 Å². The van der Waals surface area contributed by atoms with Gasteiger partial charge in [-0.3, -0.25) is 4.79 Å². The van der Waals surface area contributed by atoms with E-state index in [0.29, 0.717) is 38.4 Å². The van der Waals surface area contributed by atoms with Gasteiger partial charge in [0.05, 0.1) is 6.10 Å². The zero-order chi connectivity index (χ0) is 13.5. The SMILES string of the molecule is CCC(CCN)CCC(=O)N1CCC(O)C(C)C1. The number of piperidine rings is 1. The van der Waals surface area contributed by atoms with Gasteiger partial charge in [0.1, 0.15) is 0 Å². The number of nitrogens with zero attached hydrogens (tertiary/aromatic N) is 1. The van der Waals surface area contributed by atoms with Gasteiger partial charge >= 0.3 is 0 Å². The van der Waals surface area contributed by atoms with Gasteiger partial charge in [0.15, 0.2) is 0 Å². The van der Waals surface area contributed by atoms with Gasteiger partial charge in [-0.15, -0.1) is 0 Å². The maximum Gasteiger partial charge on any atom is 0.222 e. The highest BCUT2D eigenvalue weighted by Crippen LogP contribution is 2.20. The Balaban J connectivity index is 2.32.